The molecule has 0 radical (unpaired) electrons. The van der Waals surface area contributed by atoms with Crippen LogP contribution in [-0.4, -0.2) is 24.2 Å². The van der Waals surface area contributed by atoms with Crippen molar-refractivity contribution in [2.45, 2.75) is 19.4 Å². The third kappa shape index (κ3) is 3.30. The first-order valence-electron chi connectivity index (χ1n) is 4.43. The molecule has 0 aromatic carbocycles. The largest absolute Gasteiger partial charge is 0.382 e. The van der Waals surface area contributed by atoms with Crippen molar-refractivity contribution in [1.82, 2.24) is 4.98 Å². The van der Waals surface area contributed by atoms with Crippen molar-refractivity contribution in [1.29, 1.82) is 0 Å². The van der Waals surface area contributed by atoms with Crippen LogP contribution in [0.1, 0.15) is 13.8 Å². The predicted octanol–water partition coefficient (Wildman–Crippen LogP) is 2.06. The SMILES string of the molecule is COCC(C)(C)Nc1cccc(F)n1. The van der Waals surface area contributed by atoms with E-state index in [1.807, 2.05) is 13.8 Å². The van der Waals surface area contributed by atoms with Gasteiger partial charge in [-0.3, -0.25) is 0 Å². The normalized spacial score (nSPS) is 11.4. The van der Waals surface area contributed by atoms with Gasteiger partial charge in [-0.25, -0.2) is 4.98 Å². The fourth-order valence-electron chi connectivity index (χ4n) is 1.22. The van der Waals surface area contributed by atoms with Gasteiger partial charge in [-0.1, -0.05) is 6.07 Å². The lowest BCUT2D eigenvalue weighted by molar-refractivity contribution is 0.158. The van der Waals surface area contributed by atoms with Gasteiger partial charge in [0, 0.05) is 7.11 Å². The Morgan fingerprint density at radius 2 is 2.21 bits per heavy atom. The Bertz CT molecular complexity index is 302. The maximum atomic E-state index is 12.7. The third-order valence-electron chi connectivity index (χ3n) is 1.69. The first-order chi connectivity index (χ1) is 6.53. The molecule has 0 unspecified atom stereocenters. The zero-order valence-corrected chi connectivity index (χ0v) is 8.67. The van der Waals surface area contributed by atoms with Crippen molar-refractivity contribution in [2.75, 3.05) is 19.0 Å². The summed E-state index contributed by atoms with van der Waals surface area (Å²) in [5.74, 6) is 0.0373. The molecule has 0 spiro atoms. The minimum absolute atomic E-state index is 0.254. The van der Waals surface area contributed by atoms with E-state index < -0.39 is 5.95 Å². The van der Waals surface area contributed by atoms with E-state index >= 15 is 0 Å². The van der Waals surface area contributed by atoms with Crippen LogP contribution in [0.5, 0.6) is 0 Å². The van der Waals surface area contributed by atoms with E-state index in [0.29, 0.717) is 12.4 Å². The second kappa shape index (κ2) is 4.37. The van der Waals surface area contributed by atoms with E-state index in [9.17, 15) is 4.39 Å². The molecule has 0 saturated heterocycles. The Morgan fingerprint density at radius 3 is 2.79 bits per heavy atom. The molecule has 78 valence electrons. The van der Waals surface area contributed by atoms with E-state index in [4.69, 9.17) is 4.74 Å². The zero-order chi connectivity index (χ0) is 10.6. The molecule has 14 heavy (non-hydrogen) atoms. The molecule has 0 saturated carbocycles. The number of rotatable bonds is 4. The van der Waals surface area contributed by atoms with Gasteiger partial charge >= 0.3 is 0 Å². The molecule has 1 heterocycles. The van der Waals surface area contributed by atoms with Crippen LogP contribution < -0.4 is 5.32 Å². The molecule has 0 atom stereocenters. The minimum Gasteiger partial charge on any atom is -0.382 e. The van der Waals surface area contributed by atoms with Crippen molar-refractivity contribution in [3.05, 3.63) is 24.1 Å². The lowest BCUT2D eigenvalue weighted by Crippen LogP contribution is -2.36. The first kappa shape index (κ1) is 10.9. The number of anilines is 1. The van der Waals surface area contributed by atoms with Gasteiger partial charge in [0.05, 0.1) is 12.1 Å². The zero-order valence-electron chi connectivity index (χ0n) is 8.67. The summed E-state index contributed by atoms with van der Waals surface area (Å²) in [4.78, 5) is 3.71. The molecule has 1 N–H and O–H groups in total. The lowest BCUT2D eigenvalue weighted by Gasteiger charge is -2.25. The van der Waals surface area contributed by atoms with Gasteiger partial charge in [0.15, 0.2) is 0 Å². The monoisotopic (exact) mass is 198 g/mol. The molecule has 0 bridgehead atoms. The van der Waals surface area contributed by atoms with Crippen molar-refractivity contribution >= 4 is 5.82 Å². The molecular weight excluding hydrogens is 183 g/mol. The highest BCUT2D eigenvalue weighted by Gasteiger charge is 2.17. The number of halogens is 1. The van der Waals surface area contributed by atoms with Gasteiger partial charge in [0.25, 0.3) is 0 Å². The van der Waals surface area contributed by atoms with E-state index in [-0.39, 0.29) is 5.54 Å². The third-order valence-corrected chi connectivity index (χ3v) is 1.69. The molecule has 3 nitrogen and oxygen atoms in total. The quantitative estimate of drug-likeness (QED) is 0.752. The molecule has 1 aromatic rings. The van der Waals surface area contributed by atoms with E-state index in [0.717, 1.165) is 0 Å². The standard InChI is InChI=1S/C10H15FN2O/c1-10(2,7-14-3)13-9-6-4-5-8(11)12-9/h4-6H,7H2,1-3H3,(H,12,13). The minimum atomic E-state index is -0.483. The number of nitrogens with one attached hydrogen (secondary N) is 1. The molecule has 4 heteroatoms. The summed E-state index contributed by atoms with van der Waals surface area (Å²) < 4.78 is 17.8. The average Bonchev–Trinajstić information content (AvgIpc) is 2.02. The summed E-state index contributed by atoms with van der Waals surface area (Å²) in [6, 6.07) is 4.66. The molecule has 0 amide bonds. The van der Waals surface area contributed by atoms with Gasteiger partial charge in [-0.2, -0.15) is 4.39 Å². The van der Waals surface area contributed by atoms with E-state index in [2.05, 4.69) is 10.3 Å². The van der Waals surface area contributed by atoms with Crippen LogP contribution in [0, 0.1) is 5.95 Å². The smallest absolute Gasteiger partial charge is 0.214 e. The second-order valence-electron chi connectivity index (χ2n) is 3.79. The van der Waals surface area contributed by atoms with E-state index in [1.165, 1.54) is 6.07 Å². The molecule has 0 aliphatic rings. The van der Waals surface area contributed by atoms with Gasteiger partial charge in [-0.15, -0.1) is 0 Å². The second-order valence-corrected chi connectivity index (χ2v) is 3.79. The molecule has 1 rings (SSSR count). The van der Waals surface area contributed by atoms with Crippen LogP contribution in [0.3, 0.4) is 0 Å². The Hall–Kier alpha value is -1.16. The Labute approximate surface area is 83.3 Å². The molecule has 0 aliphatic heterocycles. The van der Waals surface area contributed by atoms with Crippen molar-refractivity contribution < 1.29 is 9.13 Å². The van der Waals surface area contributed by atoms with Crippen molar-refractivity contribution in [2.24, 2.45) is 0 Å². The van der Waals surface area contributed by atoms with Gasteiger partial charge in [-0.05, 0) is 26.0 Å². The number of ether oxygens (including phenoxy) is 1. The first-order valence-corrected chi connectivity index (χ1v) is 4.43. The average molecular weight is 198 g/mol. The highest BCUT2D eigenvalue weighted by molar-refractivity contribution is 5.36. The van der Waals surface area contributed by atoms with Gasteiger partial charge in [0.1, 0.15) is 5.82 Å². The summed E-state index contributed by atoms with van der Waals surface area (Å²) in [6.45, 7) is 4.46. The summed E-state index contributed by atoms with van der Waals surface area (Å²) in [6.07, 6.45) is 0. The number of pyridine rings is 1. The maximum Gasteiger partial charge on any atom is 0.214 e. The number of aromatic nitrogens is 1. The number of methoxy groups -OCH3 is 1. The lowest BCUT2D eigenvalue weighted by atomic mass is 10.1. The number of nitrogens with zero attached hydrogens (tertiary/aromatic N) is 1. The van der Waals surface area contributed by atoms with Crippen LogP contribution in [0.4, 0.5) is 10.2 Å². The highest BCUT2D eigenvalue weighted by atomic mass is 19.1. The molecule has 1 aromatic heterocycles. The Balaban J connectivity index is 2.68. The highest BCUT2D eigenvalue weighted by Crippen LogP contribution is 2.12. The van der Waals surface area contributed by atoms with Crippen LogP contribution in [-0.2, 0) is 4.74 Å². The van der Waals surface area contributed by atoms with Crippen LogP contribution >= 0.6 is 0 Å². The van der Waals surface area contributed by atoms with Crippen LogP contribution in [0.2, 0.25) is 0 Å². The summed E-state index contributed by atoms with van der Waals surface area (Å²) >= 11 is 0. The van der Waals surface area contributed by atoms with Crippen LogP contribution in [0.15, 0.2) is 18.2 Å². The fraction of sp³-hybridized carbons (Fsp3) is 0.500. The fourth-order valence-corrected chi connectivity index (χ4v) is 1.22. The Morgan fingerprint density at radius 1 is 1.50 bits per heavy atom. The van der Waals surface area contributed by atoms with Crippen molar-refractivity contribution in [3.8, 4) is 0 Å². The van der Waals surface area contributed by atoms with Gasteiger partial charge < -0.3 is 10.1 Å². The number of hydrogen-bond acceptors (Lipinski definition) is 3. The molecule has 0 aliphatic carbocycles. The predicted molar refractivity (Wildman–Crippen MR) is 53.8 cm³/mol. The van der Waals surface area contributed by atoms with Crippen LogP contribution in [0.25, 0.3) is 0 Å². The topological polar surface area (TPSA) is 34.1 Å². The molecule has 0 fully saturated rings. The van der Waals surface area contributed by atoms with Crippen molar-refractivity contribution in [3.63, 3.8) is 0 Å². The summed E-state index contributed by atoms with van der Waals surface area (Å²) in [5, 5.41) is 3.08. The van der Waals surface area contributed by atoms with Gasteiger partial charge in [0.2, 0.25) is 5.95 Å². The van der Waals surface area contributed by atoms with E-state index in [1.54, 1.807) is 19.2 Å². The number of hydrogen-bond donors (Lipinski definition) is 1. The molecular formula is C10H15FN2O. The Kier molecular flexibility index (Phi) is 3.41. The summed E-state index contributed by atoms with van der Waals surface area (Å²) in [7, 11) is 1.63. The maximum absolute atomic E-state index is 12.7. The summed E-state index contributed by atoms with van der Waals surface area (Å²) in [5.41, 5.74) is -0.254.